The first kappa shape index (κ1) is 19.8. The third-order valence-electron chi connectivity index (χ3n) is 4.64. The number of nitrogens with zero attached hydrogens (tertiary/aromatic N) is 2. The van der Waals surface area contributed by atoms with E-state index >= 15 is 0 Å². The van der Waals surface area contributed by atoms with Crippen molar-refractivity contribution in [2.75, 3.05) is 49.5 Å². The summed E-state index contributed by atoms with van der Waals surface area (Å²) in [5.74, 6) is 0. The molecule has 2 aromatic carbocycles. The summed E-state index contributed by atoms with van der Waals surface area (Å²) >= 11 is 12.4. The van der Waals surface area contributed by atoms with Gasteiger partial charge in [-0.2, -0.15) is 0 Å². The quantitative estimate of drug-likeness (QED) is 0.779. The first-order valence-corrected chi connectivity index (χ1v) is 9.81. The molecule has 0 spiro atoms. The number of nitrogens with one attached hydrogen (secondary N) is 2. The maximum absolute atomic E-state index is 12.0. The van der Waals surface area contributed by atoms with E-state index in [0.29, 0.717) is 11.6 Å². The zero-order chi connectivity index (χ0) is 19.2. The van der Waals surface area contributed by atoms with Gasteiger partial charge in [0.15, 0.2) is 0 Å². The van der Waals surface area contributed by atoms with Gasteiger partial charge in [-0.25, -0.2) is 4.79 Å². The highest BCUT2D eigenvalue weighted by Crippen LogP contribution is 2.29. The van der Waals surface area contributed by atoms with E-state index in [9.17, 15) is 4.79 Å². The minimum Gasteiger partial charge on any atom is -0.368 e. The standard InChI is InChI=1S/C20H24Cl2N4O/c1-15-2-5-17(6-3-15)24-20(27)23-8-9-25-10-12-26(13-11-25)19-14-16(21)4-7-18(19)22/h2-7,14H,8-13H2,1H3,(H2,23,24,27). The smallest absolute Gasteiger partial charge is 0.319 e. The van der Waals surface area contributed by atoms with Crippen LogP contribution >= 0.6 is 23.2 Å². The number of carbonyl (C=O) groups is 1. The number of hydrogen-bond donors (Lipinski definition) is 2. The van der Waals surface area contributed by atoms with Crippen LogP contribution in [0.3, 0.4) is 0 Å². The average Bonchev–Trinajstić information content (AvgIpc) is 2.66. The second-order valence-electron chi connectivity index (χ2n) is 6.67. The van der Waals surface area contributed by atoms with Crippen LogP contribution in [0.25, 0.3) is 0 Å². The molecule has 0 aliphatic carbocycles. The van der Waals surface area contributed by atoms with Gasteiger partial charge in [-0.1, -0.05) is 40.9 Å². The normalized spacial score (nSPS) is 14.9. The number of hydrogen-bond acceptors (Lipinski definition) is 3. The van der Waals surface area contributed by atoms with E-state index in [2.05, 4.69) is 20.4 Å². The number of halogens is 2. The topological polar surface area (TPSA) is 47.6 Å². The number of carbonyl (C=O) groups excluding carboxylic acids is 1. The van der Waals surface area contributed by atoms with E-state index in [1.165, 1.54) is 5.56 Å². The molecule has 2 N–H and O–H groups in total. The number of urea groups is 1. The van der Waals surface area contributed by atoms with Gasteiger partial charge in [0.25, 0.3) is 0 Å². The summed E-state index contributed by atoms with van der Waals surface area (Å²) in [6.07, 6.45) is 0. The Labute approximate surface area is 170 Å². The van der Waals surface area contributed by atoms with Crippen LogP contribution in [0.2, 0.25) is 10.0 Å². The van der Waals surface area contributed by atoms with Crippen molar-refractivity contribution in [3.05, 3.63) is 58.1 Å². The molecule has 0 radical (unpaired) electrons. The number of benzene rings is 2. The highest BCUT2D eigenvalue weighted by Gasteiger charge is 2.19. The lowest BCUT2D eigenvalue weighted by Crippen LogP contribution is -2.48. The van der Waals surface area contributed by atoms with Gasteiger partial charge < -0.3 is 15.5 Å². The monoisotopic (exact) mass is 406 g/mol. The van der Waals surface area contributed by atoms with E-state index in [0.717, 1.165) is 49.1 Å². The summed E-state index contributed by atoms with van der Waals surface area (Å²) in [5, 5.41) is 7.17. The van der Waals surface area contributed by atoms with Gasteiger partial charge in [0.2, 0.25) is 0 Å². The fraction of sp³-hybridized carbons (Fsp3) is 0.350. The van der Waals surface area contributed by atoms with E-state index in [1.807, 2.05) is 43.3 Å². The molecule has 2 aromatic rings. The van der Waals surface area contributed by atoms with Crippen LogP contribution in [0.4, 0.5) is 16.2 Å². The maximum Gasteiger partial charge on any atom is 0.319 e. The Kier molecular flexibility index (Phi) is 6.83. The number of rotatable bonds is 5. The molecule has 2 amide bonds. The Morgan fingerprint density at radius 1 is 1.04 bits per heavy atom. The van der Waals surface area contributed by atoms with Crippen molar-refractivity contribution < 1.29 is 4.79 Å². The molecule has 0 bridgehead atoms. The molecule has 0 saturated carbocycles. The highest BCUT2D eigenvalue weighted by atomic mass is 35.5. The lowest BCUT2D eigenvalue weighted by atomic mass is 10.2. The van der Waals surface area contributed by atoms with Crippen molar-refractivity contribution in [2.24, 2.45) is 0 Å². The summed E-state index contributed by atoms with van der Waals surface area (Å²) in [7, 11) is 0. The lowest BCUT2D eigenvalue weighted by molar-refractivity contribution is 0.240. The van der Waals surface area contributed by atoms with Gasteiger partial charge >= 0.3 is 6.03 Å². The van der Waals surface area contributed by atoms with Crippen molar-refractivity contribution >= 4 is 40.6 Å². The molecule has 27 heavy (non-hydrogen) atoms. The molecule has 0 aromatic heterocycles. The Morgan fingerprint density at radius 2 is 1.74 bits per heavy atom. The molecular formula is C20H24Cl2N4O. The summed E-state index contributed by atoms with van der Waals surface area (Å²) in [6.45, 7) is 7.05. The minimum atomic E-state index is -0.178. The molecule has 0 unspecified atom stereocenters. The molecule has 3 rings (SSSR count). The van der Waals surface area contributed by atoms with Crippen LogP contribution in [-0.2, 0) is 0 Å². The summed E-state index contributed by atoms with van der Waals surface area (Å²) < 4.78 is 0. The second kappa shape index (κ2) is 9.31. The van der Waals surface area contributed by atoms with Crippen LogP contribution in [0.1, 0.15) is 5.56 Å². The summed E-state index contributed by atoms with van der Waals surface area (Å²) in [5.41, 5.74) is 2.95. The molecule has 144 valence electrons. The second-order valence-corrected chi connectivity index (χ2v) is 7.51. The largest absolute Gasteiger partial charge is 0.368 e. The Hall–Kier alpha value is -1.95. The van der Waals surface area contributed by atoms with Crippen molar-refractivity contribution in [1.82, 2.24) is 10.2 Å². The summed E-state index contributed by atoms with van der Waals surface area (Å²) in [6, 6.07) is 13.1. The molecule has 7 heteroatoms. The number of piperazine rings is 1. The van der Waals surface area contributed by atoms with Gasteiger partial charge in [-0.05, 0) is 37.3 Å². The van der Waals surface area contributed by atoms with Crippen LogP contribution in [0.5, 0.6) is 0 Å². The van der Waals surface area contributed by atoms with Crippen LogP contribution < -0.4 is 15.5 Å². The molecule has 1 aliphatic heterocycles. The number of aryl methyl sites for hydroxylation is 1. The van der Waals surface area contributed by atoms with Crippen molar-refractivity contribution in [3.63, 3.8) is 0 Å². The molecular weight excluding hydrogens is 383 g/mol. The maximum atomic E-state index is 12.0. The summed E-state index contributed by atoms with van der Waals surface area (Å²) in [4.78, 5) is 16.6. The van der Waals surface area contributed by atoms with E-state index < -0.39 is 0 Å². The first-order chi connectivity index (χ1) is 13.0. The van der Waals surface area contributed by atoms with Crippen molar-refractivity contribution in [1.29, 1.82) is 0 Å². The predicted molar refractivity (Wildman–Crippen MR) is 113 cm³/mol. The molecule has 1 saturated heterocycles. The van der Waals surface area contributed by atoms with Gasteiger partial charge in [-0.15, -0.1) is 0 Å². The van der Waals surface area contributed by atoms with E-state index in [1.54, 1.807) is 6.07 Å². The third-order valence-corrected chi connectivity index (χ3v) is 5.20. The molecule has 0 atom stereocenters. The van der Waals surface area contributed by atoms with Crippen LogP contribution in [0.15, 0.2) is 42.5 Å². The lowest BCUT2D eigenvalue weighted by Gasteiger charge is -2.36. The first-order valence-electron chi connectivity index (χ1n) is 9.05. The molecule has 1 fully saturated rings. The fourth-order valence-electron chi connectivity index (χ4n) is 3.08. The molecule has 1 heterocycles. The van der Waals surface area contributed by atoms with E-state index in [-0.39, 0.29) is 6.03 Å². The fourth-order valence-corrected chi connectivity index (χ4v) is 3.48. The SMILES string of the molecule is Cc1ccc(NC(=O)NCCN2CCN(c3cc(Cl)ccc3Cl)CC2)cc1. The van der Waals surface area contributed by atoms with Crippen molar-refractivity contribution in [2.45, 2.75) is 6.92 Å². The Bertz CT molecular complexity index is 774. The number of anilines is 2. The molecule has 1 aliphatic rings. The zero-order valence-electron chi connectivity index (χ0n) is 15.3. The highest BCUT2D eigenvalue weighted by molar-refractivity contribution is 6.35. The Morgan fingerprint density at radius 3 is 2.44 bits per heavy atom. The predicted octanol–water partition coefficient (Wildman–Crippen LogP) is 4.25. The zero-order valence-corrected chi connectivity index (χ0v) is 16.9. The average molecular weight is 407 g/mol. The van der Waals surface area contributed by atoms with Crippen molar-refractivity contribution in [3.8, 4) is 0 Å². The molecule has 5 nitrogen and oxygen atoms in total. The van der Waals surface area contributed by atoms with Gasteiger partial charge in [0, 0.05) is 50.0 Å². The van der Waals surface area contributed by atoms with E-state index in [4.69, 9.17) is 23.2 Å². The number of amides is 2. The third kappa shape index (κ3) is 5.76. The Balaban J connectivity index is 1.39. The van der Waals surface area contributed by atoms with Gasteiger partial charge in [-0.3, -0.25) is 4.90 Å². The van der Waals surface area contributed by atoms with Gasteiger partial charge in [0.1, 0.15) is 0 Å². The minimum absolute atomic E-state index is 0.178. The van der Waals surface area contributed by atoms with Gasteiger partial charge in [0.05, 0.1) is 10.7 Å². The van der Waals surface area contributed by atoms with Crippen LogP contribution in [-0.4, -0.2) is 50.2 Å². The van der Waals surface area contributed by atoms with Crippen LogP contribution in [0, 0.1) is 6.92 Å².